The third kappa shape index (κ3) is 5.90. The van der Waals surface area contributed by atoms with Crippen LogP contribution in [0.2, 0.25) is 0 Å². The van der Waals surface area contributed by atoms with Crippen molar-refractivity contribution >= 4 is 12.0 Å². The number of rotatable bonds is 6. The molecule has 1 heterocycles. The van der Waals surface area contributed by atoms with E-state index in [1.807, 2.05) is 35.2 Å². The number of likely N-dealkylation sites (N-methyl/N-ethyl adjacent to an activating group) is 1. The van der Waals surface area contributed by atoms with Crippen molar-refractivity contribution in [2.24, 2.45) is 0 Å². The molecule has 0 atom stereocenters. The number of hydrogen-bond acceptors (Lipinski definition) is 4. The first-order valence-electron chi connectivity index (χ1n) is 8.13. The van der Waals surface area contributed by atoms with Crippen LogP contribution < -0.4 is 5.32 Å². The van der Waals surface area contributed by atoms with Crippen LogP contribution in [-0.4, -0.2) is 61.1 Å². The summed E-state index contributed by atoms with van der Waals surface area (Å²) in [6.45, 7) is 7.08. The maximum absolute atomic E-state index is 12.1. The molecule has 6 nitrogen and oxygen atoms in total. The molecule has 1 aliphatic rings. The van der Waals surface area contributed by atoms with E-state index in [-0.39, 0.29) is 12.5 Å². The zero-order valence-corrected chi connectivity index (χ0v) is 13.7. The summed E-state index contributed by atoms with van der Waals surface area (Å²) in [5.41, 5.74) is 0.938. The Balaban J connectivity index is 1.59. The highest BCUT2D eigenvalue weighted by atomic mass is 16.5. The molecule has 1 aromatic carbocycles. The van der Waals surface area contributed by atoms with E-state index in [4.69, 9.17) is 4.74 Å². The van der Waals surface area contributed by atoms with Crippen LogP contribution in [0.3, 0.4) is 0 Å². The number of carbonyl (C=O) groups excluding carboxylic acids is 2. The molecule has 2 rings (SSSR count). The Bertz CT molecular complexity index is 499. The SMILES string of the molecule is CCN1CCN(C(=O)CCNC(=O)OCc2ccccc2)CC1. The van der Waals surface area contributed by atoms with Crippen LogP contribution in [0.25, 0.3) is 0 Å². The van der Waals surface area contributed by atoms with E-state index in [9.17, 15) is 9.59 Å². The number of ether oxygens (including phenoxy) is 1. The molecule has 1 N–H and O–H groups in total. The molecule has 1 saturated heterocycles. The average molecular weight is 319 g/mol. The molecule has 0 bridgehead atoms. The summed E-state index contributed by atoms with van der Waals surface area (Å²) in [5.74, 6) is 0.0871. The fourth-order valence-corrected chi connectivity index (χ4v) is 2.52. The minimum atomic E-state index is -0.488. The van der Waals surface area contributed by atoms with Crippen molar-refractivity contribution in [3.05, 3.63) is 35.9 Å². The zero-order chi connectivity index (χ0) is 16.5. The lowest BCUT2D eigenvalue weighted by Crippen LogP contribution is -2.49. The Kier molecular flexibility index (Phi) is 6.87. The molecule has 0 aromatic heterocycles. The molecule has 1 aromatic rings. The molecule has 1 aliphatic heterocycles. The van der Waals surface area contributed by atoms with E-state index in [0.29, 0.717) is 13.0 Å². The second kappa shape index (κ2) is 9.15. The highest BCUT2D eigenvalue weighted by molar-refractivity contribution is 5.77. The van der Waals surface area contributed by atoms with Crippen molar-refractivity contribution in [1.29, 1.82) is 0 Å². The molecular formula is C17H25N3O3. The van der Waals surface area contributed by atoms with Gasteiger partial charge < -0.3 is 19.9 Å². The third-order valence-corrected chi connectivity index (χ3v) is 3.99. The van der Waals surface area contributed by atoms with Gasteiger partial charge in [0.05, 0.1) is 0 Å². The number of nitrogens with one attached hydrogen (secondary N) is 1. The molecule has 0 saturated carbocycles. The van der Waals surface area contributed by atoms with Crippen molar-refractivity contribution in [3.63, 3.8) is 0 Å². The van der Waals surface area contributed by atoms with Gasteiger partial charge in [-0.25, -0.2) is 4.79 Å². The van der Waals surface area contributed by atoms with Crippen LogP contribution in [0.5, 0.6) is 0 Å². The van der Waals surface area contributed by atoms with Gasteiger partial charge in [0.1, 0.15) is 6.61 Å². The van der Waals surface area contributed by atoms with Crippen LogP contribution in [0, 0.1) is 0 Å². The van der Waals surface area contributed by atoms with Gasteiger partial charge in [-0.1, -0.05) is 37.3 Å². The third-order valence-electron chi connectivity index (χ3n) is 3.99. The number of alkyl carbamates (subject to hydrolysis) is 1. The van der Waals surface area contributed by atoms with Crippen LogP contribution in [0.1, 0.15) is 18.9 Å². The quantitative estimate of drug-likeness (QED) is 0.862. The molecular weight excluding hydrogens is 294 g/mol. The molecule has 0 spiro atoms. The Morgan fingerprint density at radius 1 is 1.13 bits per heavy atom. The van der Waals surface area contributed by atoms with Gasteiger partial charge >= 0.3 is 6.09 Å². The van der Waals surface area contributed by atoms with Crippen molar-refractivity contribution < 1.29 is 14.3 Å². The highest BCUT2D eigenvalue weighted by Crippen LogP contribution is 2.03. The Morgan fingerprint density at radius 2 is 1.83 bits per heavy atom. The number of amides is 2. The van der Waals surface area contributed by atoms with Crippen molar-refractivity contribution in [2.45, 2.75) is 20.0 Å². The van der Waals surface area contributed by atoms with Gasteiger partial charge in [0.15, 0.2) is 0 Å². The first kappa shape index (κ1) is 17.3. The Labute approximate surface area is 137 Å². The average Bonchev–Trinajstić information content (AvgIpc) is 2.61. The van der Waals surface area contributed by atoms with Crippen LogP contribution in [0.4, 0.5) is 4.79 Å². The van der Waals surface area contributed by atoms with E-state index >= 15 is 0 Å². The summed E-state index contributed by atoms with van der Waals surface area (Å²) in [6, 6.07) is 9.50. The normalized spacial score (nSPS) is 15.3. The molecule has 126 valence electrons. The molecule has 2 amide bonds. The van der Waals surface area contributed by atoms with Crippen LogP contribution in [-0.2, 0) is 16.1 Å². The van der Waals surface area contributed by atoms with Crippen LogP contribution >= 0.6 is 0 Å². The summed E-state index contributed by atoms with van der Waals surface area (Å²) in [6.07, 6.45) is -0.176. The standard InChI is InChI=1S/C17H25N3O3/c1-2-19-10-12-20(13-11-19)16(21)8-9-18-17(22)23-14-15-6-4-3-5-7-15/h3-7H,2,8-14H2,1H3,(H,18,22). The molecule has 1 fully saturated rings. The van der Waals surface area contributed by atoms with Gasteiger partial charge in [-0.05, 0) is 12.1 Å². The number of hydrogen-bond donors (Lipinski definition) is 1. The first-order valence-corrected chi connectivity index (χ1v) is 8.13. The van der Waals surface area contributed by atoms with Crippen molar-refractivity contribution in [1.82, 2.24) is 15.1 Å². The predicted octanol–water partition coefficient (Wildman–Crippen LogP) is 1.47. The van der Waals surface area contributed by atoms with E-state index in [0.717, 1.165) is 38.3 Å². The molecule has 0 radical (unpaired) electrons. The van der Waals surface area contributed by atoms with Gasteiger partial charge in [0.25, 0.3) is 0 Å². The largest absolute Gasteiger partial charge is 0.445 e. The summed E-state index contributed by atoms with van der Waals surface area (Å²) < 4.78 is 5.10. The van der Waals surface area contributed by atoms with Gasteiger partial charge in [-0.15, -0.1) is 0 Å². The molecule has 6 heteroatoms. The van der Waals surface area contributed by atoms with Crippen molar-refractivity contribution in [3.8, 4) is 0 Å². The lowest BCUT2D eigenvalue weighted by molar-refractivity contribution is -0.132. The second-order valence-electron chi connectivity index (χ2n) is 5.55. The summed E-state index contributed by atoms with van der Waals surface area (Å²) >= 11 is 0. The first-order chi connectivity index (χ1) is 11.2. The minimum absolute atomic E-state index is 0.0871. The molecule has 0 unspecified atom stereocenters. The monoisotopic (exact) mass is 319 g/mol. The van der Waals surface area contributed by atoms with E-state index in [1.54, 1.807) is 0 Å². The zero-order valence-electron chi connectivity index (χ0n) is 13.7. The lowest BCUT2D eigenvalue weighted by Gasteiger charge is -2.34. The fraction of sp³-hybridized carbons (Fsp3) is 0.529. The molecule has 0 aliphatic carbocycles. The van der Waals surface area contributed by atoms with E-state index in [1.165, 1.54) is 0 Å². The summed E-state index contributed by atoms with van der Waals surface area (Å²) in [7, 11) is 0. The minimum Gasteiger partial charge on any atom is -0.445 e. The smallest absolute Gasteiger partial charge is 0.407 e. The summed E-state index contributed by atoms with van der Waals surface area (Å²) in [4.78, 5) is 27.8. The Hall–Kier alpha value is -2.08. The summed E-state index contributed by atoms with van der Waals surface area (Å²) in [5, 5.41) is 2.62. The number of nitrogens with zero attached hydrogens (tertiary/aromatic N) is 2. The molecule has 23 heavy (non-hydrogen) atoms. The fourth-order valence-electron chi connectivity index (χ4n) is 2.52. The maximum atomic E-state index is 12.1. The second-order valence-corrected chi connectivity index (χ2v) is 5.55. The van der Waals surface area contributed by atoms with Crippen LogP contribution in [0.15, 0.2) is 30.3 Å². The number of carbonyl (C=O) groups is 2. The van der Waals surface area contributed by atoms with Crippen molar-refractivity contribution in [2.75, 3.05) is 39.3 Å². The topological polar surface area (TPSA) is 61.9 Å². The van der Waals surface area contributed by atoms with Gasteiger partial charge in [0, 0.05) is 39.1 Å². The van der Waals surface area contributed by atoms with Gasteiger partial charge in [0.2, 0.25) is 5.91 Å². The van der Waals surface area contributed by atoms with E-state index < -0.39 is 6.09 Å². The van der Waals surface area contributed by atoms with E-state index in [2.05, 4.69) is 17.1 Å². The Morgan fingerprint density at radius 3 is 2.48 bits per heavy atom. The number of piperazine rings is 1. The maximum Gasteiger partial charge on any atom is 0.407 e. The predicted molar refractivity (Wildman–Crippen MR) is 87.9 cm³/mol. The highest BCUT2D eigenvalue weighted by Gasteiger charge is 2.19. The lowest BCUT2D eigenvalue weighted by atomic mass is 10.2. The van der Waals surface area contributed by atoms with Gasteiger partial charge in [-0.2, -0.15) is 0 Å². The number of benzene rings is 1. The van der Waals surface area contributed by atoms with Gasteiger partial charge in [-0.3, -0.25) is 4.79 Å².